The van der Waals surface area contributed by atoms with Crippen molar-refractivity contribution in [3.05, 3.63) is 51.6 Å². The summed E-state index contributed by atoms with van der Waals surface area (Å²) in [6, 6.07) is 3.64. The molecule has 2 aliphatic carbocycles. The molecule has 2 aromatic carbocycles. The van der Waals surface area contributed by atoms with Crippen molar-refractivity contribution in [3.8, 4) is 17.2 Å². The van der Waals surface area contributed by atoms with Crippen LogP contribution in [-0.2, 0) is 20.7 Å². The number of rotatable bonds is 5. The number of carbonyl (C=O) groups is 3. The van der Waals surface area contributed by atoms with Gasteiger partial charge in [-0.05, 0) is 13.0 Å². The molecule has 1 aliphatic heterocycles. The average molecular weight is 634 g/mol. The fourth-order valence-electron chi connectivity index (χ4n) is 5.75. The number of nitrogens with two attached hydrogens (primary N) is 1. The topological polar surface area (TPSA) is 301 Å². The number of aliphatic hydroxyl groups is 3. The minimum Gasteiger partial charge on any atom is -0.507 e. The molecule has 16 heteroatoms. The van der Waals surface area contributed by atoms with Crippen LogP contribution in [0.1, 0.15) is 68.8 Å². The first-order valence-electron chi connectivity index (χ1n) is 12.4. The summed E-state index contributed by atoms with van der Waals surface area (Å²) in [5.74, 6) is -3.77. The van der Waals surface area contributed by atoms with Crippen LogP contribution in [0.5, 0.6) is 17.2 Å². The van der Waals surface area contributed by atoms with Gasteiger partial charge < -0.3 is 61.9 Å². The maximum atomic E-state index is 13.6. The molecule has 43 heavy (non-hydrogen) atoms. The molecular formula is C27H36ClNO14. The Morgan fingerprint density at radius 2 is 1.72 bits per heavy atom. The Balaban J connectivity index is 0.00000231. The van der Waals surface area contributed by atoms with Crippen molar-refractivity contribution >= 4 is 29.8 Å². The number of ketones is 3. The molecular weight excluding hydrogens is 598 g/mol. The zero-order chi connectivity index (χ0) is 28.4. The lowest BCUT2D eigenvalue weighted by molar-refractivity contribution is -0.247. The van der Waals surface area contributed by atoms with Crippen LogP contribution in [0.2, 0.25) is 0 Å². The summed E-state index contributed by atoms with van der Waals surface area (Å²) in [4.78, 5) is 39.7. The average Bonchev–Trinajstić information content (AvgIpc) is 2.90. The lowest BCUT2D eigenvalue weighted by atomic mass is 9.72. The monoisotopic (exact) mass is 633 g/mol. The first-order valence-corrected chi connectivity index (χ1v) is 12.4. The number of ether oxygens (including phenoxy) is 3. The van der Waals surface area contributed by atoms with E-state index in [1.54, 1.807) is 6.92 Å². The van der Waals surface area contributed by atoms with Crippen molar-refractivity contribution < 1.29 is 70.6 Å². The molecule has 0 bridgehead atoms. The van der Waals surface area contributed by atoms with Gasteiger partial charge >= 0.3 is 0 Å². The van der Waals surface area contributed by atoms with Crippen molar-refractivity contribution in [1.29, 1.82) is 0 Å². The second kappa shape index (κ2) is 13.6. The van der Waals surface area contributed by atoms with Crippen LogP contribution in [0, 0.1) is 0 Å². The van der Waals surface area contributed by atoms with Crippen LogP contribution < -0.4 is 10.5 Å². The smallest absolute Gasteiger partial charge is 0.202 e. The maximum absolute atomic E-state index is 13.6. The number of benzene rings is 2. The van der Waals surface area contributed by atoms with Crippen molar-refractivity contribution in [2.75, 3.05) is 13.7 Å². The molecule has 5 rings (SSSR count). The highest BCUT2D eigenvalue weighted by Crippen LogP contribution is 2.52. The van der Waals surface area contributed by atoms with Crippen LogP contribution in [0.15, 0.2) is 18.2 Å². The third-order valence-electron chi connectivity index (χ3n) is 7.81. The number of carbonyl (C=O) groups excluding carboxylic acids is 3. The molecule has 0 unspecified atom stereocenters. The Bertz CT molecular complexity index is 1390. The summed E-state index contributed by atoms with van der Waals surface area (Å²) >= 11 is 0. The molecule has 1 saturated heterocycles. The van der Waals surface area contributed by atoms with E-state index in [2.05, 4.69) is 0 Å². The number of hydrogen-bond acceptors (Lipinski definition) is 12. The van der Waals surface area contributed by atoms with Gasteiger partial charge in [0.1, 0.15) is 29.5 Å². The summed E-state index contributed by atoms with van der Waals surface area (Å²) in [6.45, 7) is 0.560. The van der Waals surface area contributed by atoms with Gasteiger partial charge in [-0.1, -0.05) is 12.1 Å². The zero-order valence-electron chi connectivity index (χ0n) is 23.1. The molecule has 13 N–H and O–H groups in total. The Morgan fingerprint density at radius 1 is 1.09 bits per heavy atom. The summed E-state index contributed by atoms with van der Waals surface area (Å²) in [5, 5.41) is 53.7. The summed E-state index contributed by atoms with van der Waals surface area (Å²) in [7, 11) is 1.32. The first kappa shape index (κ1) is 37.8. The Morgan fingerprint density at radius 3 is 2.30 bits per heavy atom. The van der Waals surface area contributed by atoms with Gasteiger partial charge in [-0.15, -0.1) is 12.4 Å². The van der Waals surface area contributed by atoms with Gasteiger partial charge in [0.05, 0.1) is 42.1 Å². The molecule has 0 radical (unpaired) electrons. The molecule has 0 spiro atoms. The number of halogens is 1. The molecule has 0 amide bonds. The number of aliphatic hydroxyl groups excluding tert-OH is 2. The van der Waals surface area contributed by atoms with Gasteiger partial charge in [0.25, 0.3) is 0 Å². The van der Waals surface area contributed by atoms with Gasteiger partial charge in [0, 0.05) is 42.0 Å². The normalized spacial score (nSPS) is 27.1. The minimum absolute atomic E-state index is 0. The lowest BCUT2D eigenvalue weighted by Crippen LogP contribution is -2.53. The number of aromatic hydroxyl groups is 2. The van der Waals surface area contributed by atoms with E-state index in [0.717, 1.165) is 0 Å². The Kier molecular flexibility index (Phi) is 12.0. The van der Waals surface area contributed by atoms with Gasteiger partial charge in [0.2, 0.25) is 5.78 Å². The fraction of sp³-hybridized carbons (Fsp3) is 0.444. The number of fused-ring (bicyclic) bond motifs is 3. The molecule has 2 aromatic rings. The van der Waals surface area contributed by atoms with Crippen LogP contribution >= 0.6 is 12.4 Å². The Labute approximate surface area is 251 Å². The van der Waals surface area contributed by atoms with Crippen LogP contribution in [-0.4, -0.2) is 103 Å². The molecule has 6 atom stereocenters. The fourth-order valence-corrected chi connectivity index (χ4v) is 5.75. The van der Waals surface area contributed by atoms with E-state index in [1.807, 2.05) is 0 Å². The van der Waals surface area contributed by atoms with Crippen molar-refractivity contribution in [2.45, 2.75) is 62.4 Å². The second-order valence-corrected chi connectivity index (χ2v) is 10.2. The van der Waals surface area contributed by atoms with E-state index in [1.165, 1.54) is 25.3 Å². The number of phenolic OH excluding ortho intramolecular Hbond substituents is 2. The van der Waals surface area contributed by atoms with Crippen LogP contribution in [0.4, 0.5) is 0 Å². The largest absolute Gasteiger partial charge is 0.507 e. The highest BCUT2D eigenvalue weighted by Gasteiger charge is 2.50. The minimum atomic E-state index is -2.24. The second-order valence-electron chi connectivity index (χ2n) is 10.2. The van der Waals surface area contributed by atoms with Crippen LogP contribution in [0.3, 0.4) is 0 Å². The molecule has 1 fully saturated rings. The number of phenols is 2. The predicted octanol–water partition coefficient (Wildman–Crippen LogP) is -2.05. The molecule has 1 heterocycles. The SMILES string of the molecule is COc1cccc2c1C(=O)c1c(O)c3c(c(O)c1C2=O)C[C@@](O)(C(=O)CO)C[C@@H]3O[C@H]1C[C@H](N)[C@@H](O)[C@H](C)O1.Cl.O.O.O. The number of hydrogen-bond donors (Lipinski definition) is 6. The van der Waals surface area contributed by atoms with Gasteiger partial charge in [0.15, 0.2) is 17.9 Å². The van der Waals surface area contributed by atoms with Gasteiger partial charge in [-0.25, -0.2) is 0 Å². The van der Waals surface area contributed by atoms with E-state index in [-0.39, 0.29) is 63.3 Å². The third kappa shape index (κ3) is 5.84. The van der Waals surface area contributed by atoms with Gasteiger partial charge in [-0.2, -0.15) is 0 Å². The van der Waals surface area contributed by atoms with Crippen LogP contribution in [0.25, 0.3) is 0 Å². The predicted molar refractivity (Wildman–Crippen MR) is 150 cm³/mol. The molecule has 3 aliphatic rings. The van der Waals surface area contributed by atoms with E-state index >= 15 is 0 Å². The van der Waals surface area contributed by atoms with E-state index < -0.39 is 95.7 Å². The van der Waals surface area contributed by atoms with Crippen molar-refractivity contribution in [1.82, 2.24) is 0 Å². The Hall–Kier alpha value is -3.22. The summed E-state index contributed by atoms with van der Waals surface area (Å²) in [5.41, 5.74) is 2.37. The first-order chi connectivity index (χ1) is 18.4. The van der Waals surface area contributed by atoms with Crippen molar-refractivity contribution in [3.63, 3.8) is 0 Å². The number of Topliss-reactive ketones (excluding diaryl/α,β-unsaturated/α-hetero) is 1. The van der Waals surface area contributed by atoms with Crippen molar-refractivity contribution in [2.24, 2.45) is 5.73 Å². The molecule has 15 nitrogen and oxygen atoms in total. The van der Waals surface area contributed by atoms with E-state index in [9.17, 15) is 39.9 Å². The van der Waals surface area contributed by atoms with E-state index in [0.29, 0.717) is 0 Å². The van der Waals surface area contributed by atoms with Gasteiger partial charge in [-0.3, -0.25) is 14.4 Å². The standard InChI is InChI=1S/C27H29NO11.ClH.3H2O/c1-10-22(31)13(28)6-17(38-10)39-15-8-27(36,16(30)9-29)7-12-19(15)26(35)21-20(24(12)33)23(32)11-4-3-5-14(37-2)18(11)25(21)34;;;;/h3-5,10,13,15,17,22,29,31,33,35-36H,6-9,28H2,1-2H3;1H;3*1H2/t10-,13-,15-,17-,22-,27-;;;;/m0..../s1. The lowest BCUT2D eigenvalue weighted by Gasteiger charge is -2.42. The quantitative estimate of drug-likeness (QED) is 0.165. The van der Waals surface area contributed by atoms with E-state index in [4.69, 9.17) is 19.9 Å². The third-order valence-corrected chi connectivity index (χ3v) is 7.81. The zero-order valence-corrected chi connectivity index (χ0v) is 23.9. The highest BCUT2D eigenvalue weighted by molar-refractivity contribution is 6.31. The number of methoxy groups -OCH3 is 1. The molecule has 0 saturated carbocycles. The maximum Gasteiger partial charge on any atom is 0.202 e. The summed E-state index contributed by atoms with van der Waals surface area (Å²) in [6.07, 6.45) is -5.12. The summed E-state index contributed by atoms with van der Waals surface area (Å²) < 4.78 is 17.0. The highest BCUT2D eigenvalue weighted by atomic mass is 35.5. The molecule has 0 aromatic heterocycles. The molecule has 240 valence electrons.